The molecule has 1 saturated carbocycles. The molecule has 0 radical (unpaired) electrons. The molecule has 84 valence electrons. The van der Waals surface area contributed by atoms with Crippen molar-refractivity contribution in [3.05, 3.63) is 0 Å². The van der Waals surface area contributed by atoms with E-state index in [1.807, 2.05) is 0 Å². The van der Waals surface area contributed by atoms with Crippen molar-refractivity contribution in [3.8, 4) is 0 Å². The standard InChI is InChI=1S/C9H18Cl2N2O/c1-14-5-4-12-2-3-13-7-8-6-9(8,10)11/h8,12-13H,2-7H2,1H3. The molecule has 0 aromatic rings. The molecule has 0 saturated heterocycles. The molecule has 14 heavy (non-hydrogen) atoms. The van der Waals surface area contributed by atoms with E-state index in [1.165, 1.54) is 0 Å². The van der Waals surface area contributed by atoms with E-state index in [-0.39, 0.29) is 0 Å². The SMILES string of the molecule is COCCNCCNCC1CC1(Cl)Cl. The van der Waals surface area contributed by atoms with E-state index < -0.39 is 4.33 Å². The van der Waals surface area contributed by atoms with Gasteiger partial charge in [-0.15, -0.1) is 23.2 Å². The lowest BCUT2D eigenvalue weighted by Crippen LogP contribution is -2.30. The van der Waals surface area contributed by atoms with E-state index in [2.05, 4.69) is 10.6 Å². The number of rotatable bonds is 8. The normalized spacial score (nSPS) is 23.8. The predicted octanol–water partition coefficient (Wildman–Crippen LogP) is 1.01. The molecule has 1 aliphatic rings. The van der Waals surface area contributed by atoms with Crippen molar-refractivity contribution in [1.29, 1.82) is 0 Å². The largest absolute Gasteiger partial charge is 0.383 e. The number of ether oxygens (including phenoxy) is 1. The van der Waals surface area contributed by atoms with Crippen molar-refractivity contribution in [2.45, 2.75) is 10.8 Å². The van der Waals surface area contributed by atoms with Gasteiger partial charge < -0.3 is 15.4 Å². The van der Waals surface area contributed by atoms with Crippen molar-refractivity contribution in [3.63, 3.8) is 0 Å². The smallest absolute Gasteiger partial charge is 0.122 e. The van der Waals surface area contributed by atoms with Crippen LogP contribution in [0.1, 0.15) is 6.42 Å². The zero-order valence-electron chi connectivity index (χ0n) is 8.48. The summed E-state index contributed by atoms with van der Waals surface area (Å²) in [6.07, 6.45) is 0.917. The average molecular weight is 241 g/mol. The lowest BCUT2D eigenvalue weighted by Gasteiger charge is -2.05. The molecule has 0 spiro atoms. The minimum absolute atomic E-state index is 0.435. The van der Waals surface area contributed by atoms with E-state index in [4.69, 9.17) is 27.9 Å². The van der Waals surface area contributed by atoms with Crippen LogP contribution in [0.3, 0.4) is 0 Å². The maximum Gasteiger partial charge on any atom is 0.122 e. The first-order valence-corrected chi connectivity index (χ1v) is 5.70. The number of hydrogen-bond acceptors (Lipinski definition) is 3. The molecule has 5 heteroatoms. The van der Waals surface area contributed by atoms with Crippen molar-refractivity contribution in [1.82, 2.24) is 10.6 Å². The number of methoxy groups -OCH3 is 1. The summed E-state index contributed by atoms with van der Waals surface area (Å²) in [7, 11) is 1.70. The van der Waals surface area contributed by atoms with E-state index >= 15 is 0 Å². The summed E-state index contributed by atoms with van der Waals surface area (Å²) in [4.78, 5) is 0. The fourth-order valence-electron chi connectivity index (χ4n) is 1.24. The zero-order valence-corrected chi connectivity index (χ0v) is 10.00. The second-order valence-electron chi connectivity index (χ2n) is 3.61. The molecule has 1 atom stereocenters. The Labute approximate surface area is 95.5 Å². The summed E-state index contributed by atoms with van der Waals surface area (Å²) in [6.45, 7) is 4.47. The molecule has 0 heterocycles. The van der Waals surface area contributed by atoms with Gasteiger partial charge in [0.15, 0.2) is 0 Å². The van der Waals surface area contributed by atoms with Crippen LogP contribution in [0.25, 0.3) is 0 Å². The van der Waals surface area contributed by atoms with E-state index in [1.54, 1.807) is 7.11 Å². The van der Waals surface area contributed by atoms with Gasteiger partial charge in [-0.25, -0.2) is 0 Å². The van der Waals surface area contributed by atoms with Gasteiger partial charge in [-0.3, -0.25) is 0 Å². The van der Waals surface area contributed by atoms with Gasteiger partial charge >= 0.3 is 0 Å². The third kappa shape index (κ3) is 4.80. The van der Waals surface area contributed by atoms with Crippen LogP contribution in [0.15, 0.2) is 0 Å². The molecule has 0 amide bonds. The van der Waals surface area contributed by atoms with Crippen LogP contribution in [0.4, 0.5) is 0 Å². The van der Waals surface area contributed by atoms with Crippen LogP contribution in [-0.2, 0) is 4.74 Å². The topological polar surface area (TPSA) is 33.3 Å². The summed E-state index contributed by atoms with van der Waals surface area (Å²) in [5.74, 6) is 0.435. The molecule has 1 fully saturated rings. The fraction of sp³-hybridized carbons (Fsp3) is 1.00. The molecule has 0 bridgehead atoms. The highest BCUT2D eigenvalue weighted by molar-refractivity contribution is 6.50. The van der Waals surface area contributed by atoms with Gasteiger partial charge in [0.2, 0.25) is 0 Å². The molecular formula is C9H18Cl2N2O. The Hall–Kier alpha value is 0.460. The third-order valence-corrected chi connectivity index (χ3v) is 3.23. The highest BCUT2D eigenvalue weighted by Crippen LogP contribution is 2.52. The molecule has 0 aromatic heterocycles. The van der Waals surface area contributed by atoms with Crippen LogP contribution in [0.5, 0.6) is 0 Å². The van der Waals surface area contributed by atoms with Gasteiger partial charge in [0, 0.05) is 39.2 Å². The molecule has 1 rings (SSSR count). The van der Waals surface area contributed by atoms with Gasteiger partial charge in [0.1, 0.15) is 4.33 Å². The molecule has 2 N–H and O–H groups in total. The third-order valence-electron chi connectivity index (χ3n) is 2.31. The molecule has 3 nitrogen and oxygen atoms in total. The van der Waals surface area contributed by atoms with E-state index in [0.717, 1.165) is 39.2 Å². The Morgan fingerprint density at radius 2 is 1.93 bits per heavy atom. The second kappa shape index (κ2) is 6.13. The highest BCUT2D eigenvalue weighted by Gasteiger charge is 2.50. The summed E-state index contributed by atoms with van der Waals surface area (Å²) in [6, 6.07) is 0. The van der Waals surface area contributed by atoms with Crippen molar-refractivity contribution in [2.75, 3.05) is 39.9 Å². The highest BCUT2D eigenvalue weighted by atomic mass is 35.5. The maximum atomic E-state index is 5.88. The molecule has 0 aliphatic heterocycles. The summed E-state index contributed by atoms with van der Waals surface area (Å²) in [5.41, 5.74) is 0. The summed E-state index contributed by atoms with van der Waals surface area (Å²) in [5, 5.41) is 6.56. The van der Waals surface area contributed by atoms with Crippen molar-refractivity contribution < 1.29 is 4.74 Å². The second-order valence-corrected chi connectivity index (χ2v) is 5.15. The van der Waals surface area contributed by atoms with Crippen LogP contribution < -0.4 is 10.6 Å². The van der Waals surface area contributed by atoms with Crippen LogP contribution in [0, 0.1) is 5.92 Å². The molecule has 1 aliphatic carbocycles. The first kappa shape index (κ1) is 12.5. The lowest BCUT2D eigenvalue weighted by molar-refractivity contribution is 0.199. The predicted molar refractivity (Wildman–Crippen MR) is 60.2 cm³/mol. The minimum atomic E-state index is -0.448. The van der Waals surface area contributed by atoms with Crippen LogP contribution >= 0.6 is 23.2 Å². The minimum Gasteiger partial charge on any atom is -0.383 e. The van der Waals surface area contributed by atoms with Crippen molar-refractivity contribution in [2.24, 2.45) is 5.92 Å². The number of hydrogen-bond donors (Lipinski definition) is 2. The van der Waals surface area contributed by atoms with Gasteiger partial charge in [0.05, 0.1) is 6.61 Å². The average Bonchev–Trinajstić information content (AvgIpc) is 2.73. The Morgan fingerprint density at radius 1 is 1.29 bits per heavy atom. The van der Waals surface area contributed by atoms with Gasteiger partial charge in [0.25, 0.3) is 0 Å². The Bertz CT molecular complexity index is 167. The lowest BCUT2D eigenvalue weighted by atomic mass is 10.4. The Kier molecular flexibility index (Phi) is 5.49. The maximum absolute atomic E-state index is 5.88. The summed E-state index contributed by atoms with van der Waals surface area (Å²) < 4.78 is 4.46. The molecular weight excluding hydrogens is 223 g/mol. The monoisotopic (exact) mass is 240 g/mol. The number of nitrogens with one attached hydrogen (secondary N) is 2. The number of halogens is 2. The van der Waals surface area contributed by atoms with Crippen LogP contribution in [-0.4, -0.2) is 44.2 Å². The Balaban J connectivity index is 1.77. The zero-order chi connectivity index (χ0) is 10.4. The van der Waals surface area contributed by atoms with Crippen LogP contribution in [0.2, 0.25) is 0 Å². The first-order chi connectivity index (χ1) is 6.67. The van der Waals surface area contributed by atoms with Crippen molar-refractivity contribution >= 4 is 23.2 Å². The first-order valence-electron chi connectivity index (χ1n) is 4.95. The quantitative estimate of drug-likeness (QED) is 0.491. The Morgan fingerprint density at radius 3 is 2.50 bits per heavy atom. The molecule has 1 unspecified atom stereocenters. The van der Waals surface area contributed by atoms with Gasteiger partial charge in [-0.2, -0.15) is 0 Å². The fourth-order valence-corrected chi connectivity index (χ4v) is 1.77. The van der Waals surface area contributed by atoms with E-state index in [0.29, 0.717) is 5.92 Å². The number of alkyl halides is 2. The van der Waals surface area contributed by atoms with Gasteiger partial charge in [-0.1, -0.05) is 0 Å². The van der Waals surface area contributed by atoms with Gasteiger partial charge in [-0.05, 0) is 6.42 Å². The molecule has 0 aromatic carbocycles. The van der Waals surface area contributed by atoms with E-state index in [9.17, 15) is 0 Å². The summed E-state index contributed by atoms with van der Waals surface area (Å²) >= 11 is 11.8.